The van der Waals surface area contributed by atoms with Crippen LogP contribution in [0, 0.1) is 17.7 Å². The third-order valence-corrected chi connectivity index (χ3v) is 6.39. The first-order chi connectivity index (χ1) is 16.8. The molecule has 1 aromatic carbocycles. The van der Waals surface area contributed by atoms with Gasteiger partial charge in [0.1, 0.15) is 18.1 Å². The minimum absolute atomic E-state index is 0.0127. The Labute approximate surface area is 198 Å². The van der Waals surface area contributed by atoms with Crippen LogP contribution < -0.4 is 19.7 Å². The summed E-state index contributed by atoms with van der Waals surface area (Å²) in [7, 11) is 1.57. The summed E-state index contributed by atoms with van der Waals surface area (Å²) in [6.45, 7) is 0.177. The molecule has 0 amide bonds. The summed E-state index contributed by atoms with van der Waals surface area (Å²) in [4.78, 5) is 10.6. The molecule has 0 spiro atoms. The van der Waals surface area contributed by atoms with Gasteiger partial charge in [-0.2, -0.15) is 18.2 Å². The van der Waals surface area contributed by atoms with Crippen molar-refractivity contribution in [2.75, 3.05) is 30.4 Å². The maximum atomic E-state index is 13.5. The second kappa shape index (κ2) is 9.23. The Morgan fingerprint density at radius 3 is 2.57 bits per heavy atom. The molecule has 1 aliphatic heterocycles. The number of hydrogen-bond donors (Lipinski definition) is 1. The number of fused-ring (bicyclic) bond motifs is 2. The molecular formula is C23H24F4N6O2. The van der Waals surface area contributed by atoms with Gasteiger partial charge in [-0.25, -0.2) is 14.1 Å². The van der Waals surface area contributed by atoms with Crippen molar-refractivity contribution in [3.05, 3.63) is 48.4 Å². The molecule has 5 rings (SSSR count). The maximum Gasteiger partial charge on any atom is 0.408 e. The molecule has 3 heterocycles. The Kier molecular flexibility index (Phi) is 6.12. The first-order valence-corrected chi connectivity index (χ1v) is 11.2. The number of pyridine rings is 1. The summed E-state index contributed by atoms with van der Waals surface area (Å²) in [6.07, 6.45) is -0.855. The Hall–Kier alpha value is -3.57. The van der Waals surface area contributed by atoms with E-state index in [1.807, 2.05) is 12.1 Å². The molecule has 3 atom stereocenters. The number of benzene rings is 1. The van der Waals surface area contributed by atoms with E-state index in [1.165, 1.54) is 18.2 Å². The number of hydrogen-bond acceptors (Lipinski definition) is 7. The molecule has 12 heteroatoms. The fourth-order valence-corrected chi connectivity index (χ4v) is 4.90. The Balaban J connectivity index is 1.33. The number of ether oxygens (including phenoxy) is 2. The SMILES string of the molecule is COc1cc(N2C[C@H]3CC[C@@H](C2)[C@@H]3Nc2nc(Oc3cccc(F)c3)n(CC(F)(F)F)n2)ccn1. The molecule has 1 aliphatic carbocycles. The van der Waals surface area contributed by atoms with Crippen molar-refractivity contribution in [1.29, 1.82) is 0 Å². The number of aromatic nitrogens is 4. The monoisotopic (exact) mass is 492 g/mol. The zero-order valence-electron chi connectivity index (χ0n) is 18.9. The number of halogens is 4. The van der Waals surface area contributed by atoms with Crippen molar-refractivity contribution in [2.24, 2.45) is 11.8 Å². The molecule has 0 unspecified atom stereocenters. The first kappa shape index (κ1) is 23.2. The van der Waals surface area contributed by atoms with Crippen molar-refractivity contribution in [1.82, 2.24) is 19.7 Å². The molecule has 1 N–H and O–H groups in total. The highest BCUT2D eigenvalue weighted by Crippen LogP contribution is 2.40. The van der Waals surface area contributed by atoms with Crippen molar-refractivity contribution in [3.8, 4) is 17.6 Å². The van der Waals surface area contributed by atoms with Crippen LogP contribution in [0.1, 0.15) is 12.8 Å². The summed E-state index contributed by atoms with van der Waals surface area (Å²) >= 11 is 0. The lowest BCUT2D eigenvalue weighted by molar-refractivity contribution is -0.143. The molecule has 3 aromatic rings. The number of methoxy groups -OCH3 is 1. The van der Waals surface area contributed by atoms with Crippen LogP contribution in [0.4, 0.5) is 29.2 Å². The van der Waals surface area contributed by atoms with Gasteiger partial charge in [0.15, 0.2) is 0 Å². The van der Waals surface area contributed by atoms with E-state index in [2.05, 4.69) is 25.3 Å². The average Bonchev–Trinajstić information content (AvgIpc) is 3.26. The number of anilines is 2. The van der Waals surface area contributed by atoms with Crippen LogP contribution in [-0.2, 0) is 6.54 Å². The van der Waals surface area contributed by atoms with E-state index in [1.54, 1.807) is 13.3 Å². The van der Waals surface area contributed by atoms with Crippen molar-refractivity contribution in [2.45, 2.75) is 31.6 Å². The molecule has 2 aromatic heterocycles. The molecule has 2 fully saturated rings. The number of nitrogens with zero attached hydrogens (tertiary/aromatic N) is 5. The summed E-state index contributed by atoms with van der Waals surface area (Å²) in [6, 6.07) is 8.61. The lowest BCUT2D eigenvalue weighted by Gasteiger charge is -2.39. The van der Waals surface area contributed by atoms with Gasteiger partial charge < -0.3 is 19.7 Å². The van der Waals surface area contributed by atoms with Gasteiger partial charge in [-0.3, -0.25) is 0 Å². The molecule has 35 heavy (non-hydrogen) atoms. The molecule has 186 valence electrons. The standard InChI is InChI=1S/C23H24F4N6O2/c1-34-19-10-17(7-8-28-19)32-11-14-5-6-15(12-32)20(14)29-21-30-22(33(31-21)13-23(25,26)27)35-18-4-2-3-16(24)9-18/h2-4,7-10,14-15,20H,5-6,11-13H2,1H3,(H,29,31)/t14-,15+,20-. The molecule has 2 bridgehead atoms. The van der Waals surface area contributed by atoms with Gasteiger partial charge in [0, 0.05) is 43.1 Å². The van der Waals surface area contributed by atoms with Crippen LogP contribution in [0.5, 0.6) is 17.6 Å². The van der Waals surface area contributed by atoms with Crippen LogP contribution in [0.25, 0.3) is 0 Å². The topological polar surface area (TPSA) is 77.3 Å². The highest BCUT2D eigenvalue weighted by Gasteiger charge is 2.43. The van der Waals surface area contributed by atoms with Gasteiger partial charge in [-0.15, -0.1) is 5.10 Å². The smallest absolute Gasteiger partial charge is 0.408 e. The molecule has 2 aliphatic rings. The van der Waals surface area contributed by atoms with E-state index < -0.39 is 18.5 Å². The summed E-state index contributed by atoms with van der Waals surface area (Å²) in [5, 5.41) is 7.28. The number of rotatable bonds is 7. The van der Waals surface area contributed by atoms with E-state index in [4.69, 9.17) is 9.47 Å². The van der Waals surface area contributed by atoms with Crippen molar-refractivity contribution in [3.63, 3.8) is 0 Å². The fourth-order valence-electron chi connectivity index (χ4n) is 4.90. The lowest BCUT2D eigenvalue weighted by Crippen LogP contribution is -2.48. The van der Waals surface area contributed by atoms with Crippen molar-refractivity contribution >= 4 is 11.6 Å². The minimum atomic E-state index is -4.53. The van der Waals surface area contributed by atoms with E-state index >= 15 is 0 Å². The first-order valence-electron chi connectivity index (χ1n) is 11.2. The largest absolute Gasteiger partial charge is 0.481 e. The van der Waals surface area contributed by atoms with Gasteiger partial charge in [0.05, 0.1) is 7.11 Å². The molecule has 0 radical (unpaired) electrons. The van der Waals surface area contributed by atoms with Crippen LogP contribution in [0.3, 0.4) is 0 Å². The second-order valence-electron chi connectivity index (χ2n) is 8.78. The summed E-state index contributed by atoms with van der Waals surface area (Å²) in [5.41, 5.74) is 1.02. The van der Waals surface area contributed by atoms with Gasteiger partial charge in [-0.05, 0) is 42.9 Å². The van der Waals surface area contributed by atoms with E-state index in [9.17, 15) is 17.6 Å². The zero-order valence-corrected chi connectivity index (χ0v) is 18.9. The Morgan fingerprint density at radius 2 is 1.89 bits per heavy atom. The molecule has 1 saturated carbocycles. The van der Waals surface area contributed by atoms with E-state index in [0.29, 0.717) is 10.6 Å². The highest BCUT2D eigenvalue weighted by atomic mass is 19.4. The van der Waals surface area contributed by atoms with Crippen LogP contribution in [0.2, 0.25) is 0 Å². The van der Waals surface area contributed by atoms with Crippen LogP contribution in [0.15, 0.2) is 42.6 Å². The third-order valence-electron chi connectivity index (χ3n) is 6.39. The lowest BCUT2D eigenvalue weighted by atomic mass is 9.92. The zero-order chi connectivity index (χ0) is 24.6. The summed E-state index contributed by atoms with van der Waals surface area (Å²) in [5.74, 6) is 0.582. The molecule has 1 saturated heterocycles. The van der Waals surface area contributed by atoms with E-state index in [-0.39, 0.29) is 35.6 Å². The molecular weight excluding hydrogens is 468 g/mol. The number of alkyl halides is 3. The normalized spacial score (nSPS) is 21.7. The fraction of sp³-hybridized carbons (Fsp3) is 0.435. The average molecular weight is 492 g/mol. The van der Waals surface area contributed by atoms with Gasteiger partial charge in [-0.1, -0.05) is 6.07 Å². The predicted molar refractivity (Wildman–Crippen MR) is 119 cm³/mol. The quantitative estimate of drug-likeness (QED) is 0.487. The Bertz CT molecular complexity index is 1170. The summed E-state index contributed by atoms with van der Waals surface area (Å²) < 4.78 is 64.3. The third kappa shape index (κ3) is 5.25. The van der Waals surface area contributed by atoms with Gasteiger partial charge in [0.25, 0.3) is 0 Å². The van der Waals surface area contributed by atoms with E-state index in [0.717, 1.165) is 37.7 Å². The van der Waals surface area contributed by atoms with Crippen molar-refractivity contribution < 1.29 is 27.0 Å². The minimum Gasteiger partial charge on any atom is -0.481 e. The number of piperidine rings is 1. The molecule has 8 nitrogen and oxygen atoms in total. The highest BCUT2D eigenvalue weighted by molar-refractivity contribution is 5.49. The predicted octanol–water partition coefficient (Wildman–Crippen LogP) is 4.50. The maximum absolute atomic E-state index is 13.5. The van der Waals surface area contributed by atoms with Gasteiger partial charge in [0.2, 0.25) is 11.8 Å². The number of nitrogens with one attached hydrogen (secondary N) is 1. The van der Waals surface area contributed by atoms with Crippen LogP contribution in [-0.4, -0.2) is 52.2 Å². The Morgan fingerprint density at radius 1 is 1.11 bits per heavy atom. The van der Waals surface area contributed by atoms with Gasteiger partial charge >= 0.3 is 12.2 Å². The van der Waals surface area contributed by atoms with Crippen LogP contribution >= 0.6 is 0 Å². The second-order valence-corrected chi connectivity index (χ2v) is 8.78.